The molecule has 0 unspecified atom stereocenters. The summed E-state index contributed by atoms with van der Waals surface area (Å²) in [7, 11) is 0. The van der Waals surface area contributed by atoms with Crippen LogP contribution in [0.25, 0.3) is 5.65 Å². The van der Waals surface area contributed by atoms with Crippen molar-refractivity contribution in [3.8, 4) is 0 Å². The van der Waals surface area contributed by atoms with Gasteiger partial charge in [0.25, 0.3) is 5.91 Å². The van der Waals surface area contributed by atoms with Gasteiger partial charge in [-0.25, -0.2) is 9.50 Å². The molecule has 3 rings (SSSR count). The molecule has 136 valence electrons. The van der Waals surface area contributed by atoms with Crippen LogP contribution in [0.5, 0.6) is 0 Å². The van der Waals surface area contributed by atoms with Crippen molar-refractivity contribution in [2.45, 2.75) is 58.2 Å². The van der Waals surface area contributed by atoms with Gasteiger partial charge >= 0.3 is 0 Å². The van der Waals surface area contributed by atoms with Crippen LogP contribution in [0.1, 0.15) is 55.5 Å². The molecule has 0 radical (unpaired) electrons. The van der Waals surface area contributed by atoms with Crippen LogP contribution < -0.4 is 5.32 Å². The first-order valence-corrected chi connectivity index (χ1v) is 9.16. The first-order chi connectivity index (χ1) is 12.1. The molecule has 0 bridgehead atoms. The van der Waals surface area contributed by atoms with Crippen LogP contribution >= 0.6 is 0 Å². The van der Waals surface area contributed by atoms with Gasteiger partial charge in [0.1, 0.15) is 5.56 Å². The van der Waals surface area contributed by atoms with Crippen LogP contribution in [0.4, 0.5) is 0 Å². The second kappa shape index (κ2) is 7.93. The molecule has 0 saturated heterocycles. The van der Waals surface area contributed by atoms with E-state index in [1.54, 1.807) is 10.7 Å². The zero-order valence-corrected chi connectivity index (χ0v) is 15.0. The van der Waals surface area contributed by atoms with Gasteiger partial charge in [-0.1, -0.05) is 26.7 Å². The minimum Gasteiger partial charge on any atom is -0.391 e. The van der Waals surface area contributed by atoms with E-state index < -0.39 is 6.10 Å². The molecule has 1 fully saturated rings. The number of rotatable bonds is 6. The number of carbonyl (C=O) groups excluding carboxylic acids is 1. The number of aliphatic hydroxyl groups excluding tert-OH is 1. The summed E-state index contributed by atoms with van der Waals surface area (Å²) < 4.78 is 1.66. The predicted octanol–water partition coefficient (Wildman–Crippen LogP) is 1.60. The molecule has 2 heterocycles. The molecule has 7 heteroatoms. The van der Waals surface area contributed by atoms with Crippen molar-refractivity contribution in [1.82, 2.24) is 24.8 Å². The fraction of sp³-hybridized carbons (Fsp3) is 0.611. The average molecular weight is 345 g/mol. The van der Waals surface area contributed by atoms with Gasteiger partial charge in [-0.2, -0.15) is 5.10 Å². The molecular weight excluding hydrogens is 318 g/mol. The lowest BCUT2D eigenvalue weighted by molar-refractivity contribution is 0.0718. The van der Waals surface area contributed by atoms with Crippen LogP contribution in [0.3, 0.4) is 0 Å². The van der Waals surface area contributed by atoms with Crippen LogP contribution in [0.2, 0.25) is 0 Å². The SMILES string of the molecule is CCN(CC)Cc1cnc2c(C(=O)N[C@@H]3CCCC[C@H]3O)cnn2c1. The molecule has 0 aromatic carbocycles. The third-order valence-corrected chi connectivity index (χ3v) is 5.00. The molecule has 2 aromatic heterocycles. The molecule has 0 aliphatic heterocycles. The molecule has 2 N–H and O–H groups in total. The summed E-state index contributed by atoms with van der Waals surface area (Å²) in [4.78, 5) is 19.3. The summed E-state index contributed by atoms with van der Waals surface area (Å²) in [6.07, 6.45) is 8.42. The zero-order chi connectivity index (χ0) is 17.8. The number of hydrogen-bond acceptors (Lipinski definition) is 5. The Balaban J connectivity index is 1.75. The van der Waals surface area contributed by atoms with Crippen molar-refractivity contribution in [3.63, 3.8) is 0 Å². The van der Waals surface area contributed by atoms with E-state index in [9.17, 15) is 9.90 Å². The quantitative estimate of drug-likeness (QED) is 0.831. The van der Waals surface area contributed by atoms with Gasteiger partial charge < -0.3 is 10.4 Å². The van der Waals surface area contributed by atoms with E-state index in [1.165, 1.54) is 0 Å². The number of aromatic nitrogens is 3. The number of aliphatic hydroxyl groups is 1. The molecular formula is C18H27N5O2. The van der Waals surface area contributed by atoms with Crippen molar-refractivity contribution in [2.24, 2.45) is 0 Å². The Labute approximate surface area is 148 Å². The van der Waals surface area contributed by atoms with Gasteiger partial charge in [-0.3, -0.25) is 9.69 Å². The third kappa shape index (κ3) is 3.99. The van der Waals surface area contributed by atoms with Crippen LogP contribution in [0, 0.1) is 0 Å². The van der Waals surface area contributed by atoms with Gasteiger partial charge in [0.2, 0.25) is 0 Å². The number of nitrogens with one attached hydrogen (secondary N) is 1. The molecule has 2 aromatic rings. The summed E-state index contributed by atoms with van der Waals surface area (Å²) in [5.74, 6) is -0.218. The van der Waals surface area contributed by atoms with Crippen molar-refractivity contribution in [1.29, 1.82) is 0 Å². The van der Waals surface area contributed by atoms with E-state index in [0.717, 1.165) is 50.9 Å². The summed E-state index contributed by atoms with van der Waals surface area (Å²) in [5, 5.41) is 17.3. The maximum Gasteiger partial charge on any atom is 0.257 e. The maximum atomic E-state index is 12.6. The monoisotopic (exact) mass is 345 g/mol. The van der Waals surface area contributed by atoms with Gasteiger partial charge in [-0.15, -0.1) is 0 Å². The fourth-order valence-corrected chi connectivity index (χ4v) is 3.39. The lowest BCUT2D eigenvalue weighted by Gasteiger charge is -2.28. The highest BCUT2D eigenvalue weighted by Crippen LogP contribution is 2.19. The Morgan fingerprint density at radius 2 is 2.08 bits per heavy atom. The van der Waals surface area contributed by atoms with E-state index >= 15 is 0 Å². The minimum absolute atomic E-state index is 0.182. The normalized spacial score (nSPS) is 21.0. The van der Waals surface area contributed by atoms with Crippen LogP contribution in [-0.4, -0.2) is 55.7 Å². The first-order valence-electron chi connectivity index (χ1n) is 9.16. The summed E-state index contributed by atoms with van der Waals surface area (Å²) in [6.45, 7) is 7.03. The van der Waals surface area contributed by atoms with Gasteiger partial charge in [-0.05, 0) is 25.9 Å². The highest BCUT2D eigenvalue weighted by atomic mass is 16.3. The second-order valence-corrected chi connectivity index (χ2v) is 6.68. The minimum atomic E-state index is -0.465. The number of carbonyl (C=O) groups is 1. The highest BCUT2D eigenvalue weighted by molar-refractivity contribution is 5.99. The van der Waals surface area contributed by atoms with Gasteiger partial charge in [0.15, 0.2) is 5.65 Å². The Bertz CT molecular complexity index is 725. The van der Waals surface area contributed by atoms with Gasteiger partial charge in [0, 0.05) is 24.5 Å². The Morgan fingerprint density at radius 1 is 1.32 bits per heavy atom. The van der Waals surface area contributed by atoms with E-state index in [-0.39, 0.29) is 11.9 Å². The molecule has 1 aliphatic carbocycles. The van der Waals surface area contributed by atoms with E-state index in [2.05, 4.69) is 34.1 Å². The average Bonchev–Trinajstić information content (AvgIpc) is 3.05. The maximum absolute atomic E-state index is 12.6. The van der Waals surface area contributed by atoms with Crippen molar-refractivity contribution >= 4 is 11.6 Å². The third-order valence-electron chi connectivity index (χ3n) is 5.00. The number of amides is 1. The van der Waals surface area contributed by atoms with E-state index in [0.29, 0.717) is 11.2 Å². The molecule has 1 amide bonds. The first kappa shape index (κ1) is 17.8. The number of nitrogens with zero attached hydrogens (tertiary/aromatic N) is 4. The molecule has 25 heavy (non-hydrogen) atoms. The lowest BCUT2D eigenvalue weighted by atomic mass is 9.92. The zero-order valence-electron chi connectivity index (χ0n) is 15.0. The summed E-state index contributed by atoms with van der Waals surface area (Å²) >= 11 is 0. The topological polar surface area (TPSA) is 82.8 Å². The van der Waals surface area contributed by atoms with Crippen LogP contribution in [0.15, 0.2) is 18.6 Å². The second-order valence-electron chi connectivity index (χ2n) is 6.68. The smallest absolute Gasteiger partial charge is 0.257 e. The highest BCUT2D eigenvalue weighted by Gasteiger charge is 2.26. The molecule has 0 spiro atoms. The van der Waals surface area contributed by atoms with Crippen molar-refractivity contribution in [2.75, 3.05) is 13.1 Å². The van der Waals surface area contributed by atoms with Gasteiger partial charge in [0.05, 0.1) is 18.3 Å². The fourth-order valence-electron chi connectivity index (χ4n) is 3.39. The lowest BCUT2D eigenvalue weighted by Crippen LogP contribution is -2.45. The molecule has 7 nitrogen and oxygen atoms in total. The van der Waals surface area contributed by atoms with Crippen molar-refractivity contribution in [3.05, 3.63) is 29.7 Å². The largest absolute Gasteiger partial charge is 0.391 e. The van der Waals surface area contributed by atoms with Crippen molar-refractivity contribution < 1.29 is 9.90 Å². The predicted molar refractivity (Wildman–Crippen MR) is 95.3 cm³/mol. The summed E-state index contributed by atoms with van der Waals surface area (Å²) in [6, 6.07) is -0.182. The van der Waals surface area contributed by atoms with Crippen LogP contribution in [-0.2, 0) is 6.54 Å². The molecule has 1 saturated carbocycles. The summed E-state index contributed by atoms with van der Waals surface area (Å²) in [5.41, 5.74) is 2.06. The molecule has 2 atom stereocenters. The van der Waals surface area contributed by atoms with E-state index in [1.807, 2.05) is 12.4 Å². The number of hydrogen-bond donors (Lipinski definition) is 2. The standard InChI is InChI=1S/C18H27N5O2/c1-3-22(4-2)11-13-9-19-17-14(10-20-23(17)12-13)18(25)21-15-7-5-6-8-16(15)24/h9-10,12,15-16,24H,3-8,11H2,1-2H3,(H,21,25)/t15-,16-/m1/s1. The Morgan fingerprint density at radius 3 is 2.80 bits per heavy atom. The Hall–Kier alpha value is -1.99. The van der Waals surface area contributed by atoms with E-state index in [4.69, 9.17) is 0 Å². The Kier molecular flexibility index (Phi) is 5.65. The number of fused-ring (bicyclic) bond motifs is 1. The molecule has 1 aliphatic rings.